The molecule has 9 heteroatoms. The fraction of sp³-hybridized carbons (Fsp3) is 0.250. The number of amides is 3. The Morgan fingerprint density at radius 3 is 1.75 bits per heavy atom. The van der Waals surface area contributed by atoms with E-state index in [1.165, 1.54) is 4.90 Å². The first-order valence-electron chi connectivity index (χ1n) is 19.5. The summed E-state index contributed by atoms with van der Waals surface area (Å²) in [6, 6.07) is 49.0. The zero-order valence-corrected chi connectivity index (χ0v) is 32.8. The number of rotatable bonds is 17. The number of aromatic nitrogens is 2. The molecule has 0 saturated carbocycles. The first-order valence-corrected chi connectivity index (χ1v) is 19.5. The second-order valence-corrected chi connectivity index (χ2v) is 14.8. The molecule has 1 aromatic heterocycles. The lowest BCUT2D eigenvalue weighted by molar-refractivity contribution is -0.138. The molecule has 0 fully saturated rings. The van der Waals surface area contributed by atoms with Gasteiger partial charge in [-0.25, -0.2) is 9.78 Å². The number of carbonyl (C=O) groups excluding carboxylic acids is 3. The summed E-state index contributed by atoms with van der Waals surface area (Å²) in [5, 5.41) is 5.86. The van der Waals surface area contributed by atoms with Gasteiger partial charge in [-0.05, 0) is 39.7 Å². The molecule has 0 spiro atoms. The standard InChI is InChI=1S/C48H51N5O4/c1-36(2)31-52(33-45(54)49-30-37(3)39-21-11-5-12-22-39)46(55)44(51-47(56)57-34-38-19-9-4-10-20-38)29-43-32-53(35-50-43)48(40-23-13-6-14-24-40,41-25-15-7-16-26-41)42-27-17-8-18-28-42/h4-28,32,35-37,44H,29-31,33-34H2,1-3H3,(H,49,54)(H,51,56). The average Bonchev–Trinajstić information content (AvgIpc) is 3.71. The summed E-state index contributed by atoms with van der Waals surface area (Å²) >= 11 is 0. The molecule has 3 amide bonds. The van der Waals surface area contributed by atoms with Crippen LogP contribution >= 0.6 is 0 Å². The number of benzene rings is 5. The van der Waals surface area contributed by atoms with Crippen LogP contribution in [0.5, 0.6) is 0 Å². The minimum absolute atomic E-state index is 0.0354. The van der Waals surface area contributed by atoms with Crippen LogP contribution in [0.15, 0.2) is 164 Å². The minimum atomic E-state index is -1.08. The van der Waals surface area contributed by atoms with Crippen molar-refractivity contribution >= 4 is 17.9 Å². The molecule has 2 N–H and O–H groups in total. The van der Waals surface area contributed by atoms with Crippen molar-refractivity contribution in [3.05, 3.63) is 198 Å². The Morgan fingerprint density at radius 1 is 0.719 bits per heavy atom. The summed E-state index contributed by atoms with van der Waals surface area (Å²) in [4.78, 5) is 47.8. The molecular formula is C48H51N5O4. The average molecular weight is 762 g/mol. The zero-order chi connectivity index (χ0) is 40.0. The maximum atomic E-state index is 14.6. The Balaban J connectivity index is 1.31. The SMILES string of the molecule is CC(C)CN(CC(=O)NCC(C)c1ccccc1)C(=O)C(Cc1cn(C(c2ccccc2)(c2ccccc2)c2ccccc2)cn1)NC(=O)OCc1ccccc1. The summed E-state index contributed by atoms with van der Waals surface area (Å²) in [5.74, 6) is -0.539. The van der Waals surface area contributed by atoms with Crippen LogP contribution in [0.1, 0.15) is 60.2 Å². The van der Waals surface area contributed by atoms with Crippen LogP contribution in [0.4, 0.5) is 4.79 Å². The van der Waals surface area contributed by atoms with E-state index in [4.69, 9.17) is 9.72 Å². The van der Waals surface area contributed by atoms with E-state index in [1.807, 2.05) is 135 Å². The highest BCUT2D eigenvalue weighted by Crippen LogP contribution is 2.40. The topological polar surface area (TPSA) is 106 Å². The molecule has 0 radical (unpaired) electrons. The van der Waals surface area contributed by atoms with E-state index in [-0.39, 0.29) is 37.3 Å². The Bertz CT molecular complexity index is 2060. The first-order chi connectivity index (χ1) is 27.7. The van der Waals surface area contributed by atoms with Crippen LogP contribution < -0.4 is 10.6 Å². The van der Waals surface area contributed by atoms with Gasteiger partial charge < -0.3 is 24.8 Å². The van der Waals surface area contributed by atoms with Gasteiger partial charge in [0.2, 0.25) is 11.8 Å². The fourth-order valence-electron chi connectivity index (χ4n) is 7.24. The molecule has 2 atom stereocenters. The number of ether oxygens (including phenoxy) is 1. The molecule has 6 rings (SSSR count). The number of carbonyl (C=O) groups is 3. The number of hydrogen-bond acceptors (Lipinski definition) is 5. The third-order valence-electron chi connectivity index (χ3n) is 10.0. The maximum Gasteiger partial charge on any atom is 0.408 e. The molecule has 292 valence electrons. The number of hydrogen-bond donors (Lipinski definition) is 2. The summed E-state index contributed by atoms with van der Waals surface area (Å²) in [6.07, 6.45) is 3.04. The molecule has 6 aromatic rings. The van der Waals surface area contributed by atoms with E-state index in [0.29, 0.717) is 18.8 Å². The highest BCUT2D eigenvalue weighted by molar-refractivity contribution is 5.89. The molecule has 57 heavy (non-hydrogen) atoms. The van der Waals surface area contributed by atoms with E-state index < -0.39 is 23.6 Å². The van der Waals surface area contributed by atoms with Crippen molar-refractivity contribution in [1.29, 1.82) is 0 Å². The molecule has 1 heterocycles. The van der Waals surface area contributed by atoms with Gasteiger partial charge in [-0.15, -0.1) is 0 Å². The van der Waals surface area contributed by atoms with Gasteiger partial charge in [-0.2, -0.15) is 0 Å². The molecule has 0 aliphatic carbocycles. The summed E-state index contributed by atoms with van der Waals surface area (Å²) in [7, 11) is 0. The van der Waals surface area contributed by atoms with Gasteiger partial charge in [-0.3, -0.25) is 9.59 Å². The molecule has 0 aliphatic heterocycles. The van der Waals surface area contributed by atoms with Crippen molar-refractivity contribution in [2.45, 2.75) is 51.3 Å². The summed E-state index contributed by atoms with van der Waals surface area (Å²) in [6.45, 7) is 6.63. The Kier molecular flexibility index (Phi) is 13.7. The Labute approximate surface area is 335 Å². The van der Waals surface area contributed by atoms with Gasteiger partial charge in [-0.1, -0.05) is 172 Å². The third-order valence-corrected chi connectivity index (χ3v) is 10.0. The zero-order valence-electron chi connectivity index (χ0n) is 32.8. The van der Waals surface area contributed by atoms with E-state index in [2.05, 4.69) is 58.5 Å². The smallest absolute Gasteiger partial charge is 0.408 e. The fourth-order valence-corrected chi connectivity index (χ4v) is 7.24. The van der Waals surface area contributed by atoms with Crippen LogP contribution in [-0.2, 0) is 32.9 Å². The second kappa shape index (κ2) is 19.4. The lowest BCUT2D eigenvalue weighted by Gasteiger charge is -2.37. The molecule has 5 aromatic carbocycles. The normalized spacial score (nSPS) is 12.4. The summed E-state index contributed by atoms with van der Waals surface area (Å²) < 4.78 is 7.68. The lowest BCUT2D eigenvalue weighted by atomic mass is 9.77. The monoisotopic (exact) mass is 761 g/mol. The molecule has 0 aliphatic rings. The highest BCUT2D eigenvalue weighted by atomic mass is 16.5. The third kappa shape index (κ3) is 10.2. The number of imidazole rings is 1. The lowest BCUT2D eigenvalue weighted by Crippen LogP contribution is -2.53. The quantitative estimate of drug-likeness (QED) is 0.0919. The van der Waals surface area contributed by atoms with Gasteiger partial charge in [0.25, 0.3) is 0 Å². The van der Waals surface area contributed by atoms with Crippen LogP contribution in [0.2, 0.25) is 0 Å². The van der Waals surface area contributed by atoms with Crippen molar-refractivity contribution < 1.29 is 19.1 Å². The van der Waals surface area contributed by atoms with Gasteiger partial charge >= 0.3 is 6.09 Å². The van der Waals surface area contributed by atoms with Crippen molar-refractivity contribution in [2.75, 3.05) is 19.6 Å². The van der Waals surface area contributed by atoms with E-state index in [1.54, 1.807) is 6.33 Å². The molecule has 9 nitrogen and oxygen atoms in total. The number of alkyl carbamates (subject to hydrolysis) is 1. The predicted octanol–water partition coefficient (Wildman–Crippen LogP) is 7.97. The van der Waals surface area contributed by atoms with Gasteiger partial charge in [0.1, 0.15) is 18.2 Å². The first kappa shape index (κ1) is 40.2. The van der Waals surface area contributed by atoms with E-state index in [9.17, 15) is 14.4 Å². The van der Waals surface area contributed by atoms with Crippen LogP contribution in [0.3, 0.4) is 0 Å². The van der Waals surface area contributed by atoms with Gasteiger partial charge in [0.05, 0.1) is 18.6 Å². The van der Waals surface area contributed by atoms with Crippen molar-refractivity contribution in [2.24, 2.45) is 5.92 Å². The van der Waals surface area contributed by atoms with Crippen LogP contribution in [-0.4, -0.2) is 58.0 Å². The highest BCUT2D eigenvalue weighted by Gasteiger charge is 2.39. The second-order valence-electron chi connectivity index (χ2n) is 14.8. The van der Waals surface area contributed by atoms with Gasteiger partial charge in [0, 0.05) is 25.7 Å². The number of nitrogens with zero attached hydrogens (tertiary/aromatic N) is 3. The van der Waals surface area contributed by atoms with Crippen LogP contribution in [0.25, 0.3) is 0 Å². The number of nitrogens with one attached hydrogen (secondary N) is 2. The van der Waals surface area contributed by atoms with E-state index in [0.717, 1.165) is 27.8 Å². The Morgan fingerprint density at radius 2 is 1.23 bits per heavy atom. The van der Waals surface area contributed by atoms with E-state index >= 15 is 0 Å². The van der Waals surface area contributed by atoms with Crippen LogP contribution in [0, 0.1) is 5.92 Å². The molecule has 0 saturated heterocycles. The predicted molar refractivity (Wildman–Crippen MR) is 223 cm³/mol. The van der Waals surface area contributed by atoms with Crippen molar-refractivity contribution in [3.8, 4) is 0 Å². The molecule has 0 bridgehead atoms. The van der Waals surface area contributed by atoms with Crippen molar-refractivity contribution in [3.63, 3.8) is 0 Å². The molecular weight excluding hydrogens is 711 g/mol. The minimum Gasteiger partial charge on any atom is -0.445 e. The molecule has 2 unspecified atom stereocenters. The Hall–Kier alpha value is -6.48. The summed E-state index contributed by atoms with van der Waals surface area (Å²) in [5.41, 5.74) is 4.77. The maximum absolute atomic E-state index is 14.6. The van der Waals surface area contributed by atoms with Crippen molar-refractivity contribution in [1.82, 2.24) is 25.1 Å². The largest absolute Gasteiger partial charge is 0.445 e. The van der Waals surface area contributed by atoms with Gasteiger partial charge in [0.15, 0.2) is 0 Å².